The number of hydrogen-bond donors (Lipinski definition) is 0. The van der Waals surface area contributed by atoms with Crippen molar-refractivity contribution in [2.24, 2.45) is 11.3 Å². The predicted octanol–water partition coefficient (Wildman–Crippen LogP) is 5.36. The molecule has 3 aromatic rings. The molecule has 0 bridgehead atoms. The minimum absolute atomic E-state index is 0.0715. The zero-order chi connectivity index (χ0) is 19.3. The van der Waals surface area contributed by atoms with E-state index >= 15 is 0 Å². The fourth-order valence-electron chi connectivity index (χ4n) is 3.78. The molecule has 0 radical (unpaired) electrons. The summed E-state index contributed by atoms with van der Waals surface area (Å²) < 4.78 is 1.42. The molecule has 7 heteroatoms. The second kappa shape index (κ2) is 6.87. The number of aryl methyl sites for hydroxylation is 1. The second-order valence-corrected chi connectivity index (χ2v) is 10.2. The number of halogens is 2. The number of rotatable bonds is 2. The molecule has 1 aliphatic rings. The summed E-state index contributed by atoms with van der Waals surface area (Å²) in [5, 5.41) is 10.2. The van der Waals surface area contributed by atoms with Gasteiger partial charge in [0.15, 0.2) is 4.83 Å². The first-order valence-corrected chi connectivity index (χ1v) is 10.6. The number of thiophene rings is 1. The highest BCUT2D eigenvalue weighted by Crippen LogP contribution is 2.41. The first-order valence-electron chi connectivity index (χ1n) is 9.06. The van der Waals surface area contributed by atoms with Gasteiger partial charge in [0, 0.05) is 4.88 Å². The Morgan fingerprint density at radius 2 is 2.04 bits per heavy atom. The highest BCUT2D eigenvalue weighted by atomic mass is 35.5. The molecule has 0 N–H and O–H groups in total. The van der Waals surface area contributed by atoms with Gasteiger partial charge in [0.25, 0.3) is 5.56 Å². The van der Waals surface area contributed by atoms with Gasteiger partial charge in [-0.3, -0.25) is 4.79 Å². The summed E-state index contributed by atoms with van der Waals surface area (Å²) in [6, 6.07) is 5.35. The van der Waals surface area contributed by atoms with Crippen LogP contribution in [0.2, 0.25) is 10.0 Å². The Balaban J connectivity index is 1.73. The molecule has 142 valence electrons. The summed E-state index contributed by atoms with van der Waals surface area (Å²) in [5.41, 5.74) is 2.25. The summed E-state index contributed by atoms with van der Waals surface area (Å²) in [6.07, 6.45) is 3.06. The molecular weight excluding hydrogens is 401 g/mol. The third kappa shape index (κ3) is 3.53. The molecule has 4 nitrogen and oxygen atoms in total. The lowest BCUT2D eigenvalue weighted by atomic mass is 9.72. The average molecular weight is 422 g/mol. The van der Waals surface area contributed by atoms with Crippen molar-refractivity contribution >= 4 is 44.8 Å². The molecule has 27 heavy (non-hydrogen) atoms. The van der Waals surface area contributed by atoms with Gasteiger partial charge >= 0.3 is 0 Å². The van der Waals surface area contributed by atoms with E-state index < -0.39 is 0 Å². The van der Waals surface area contributed by atoms with Crippen molar-refractivity contribution in [1.29, 1.82) is 0 Å². The molecule has 1 aromatic carbocycles. The quantitative estimate of drug-likeness (QED) is 0.559. The van der Waals surface area contributed by atoms with E-state index in [0.29, 0.717) is 22.5 Å². The normalized spacial score (nSPS) is 17.3. The fraction of sp³-hybridized carbons (Fsp3) is 0.450. The number of fused-ring (bicyclic) bond motifs is 3. The predicted molar refractivity (Wildman–Crippen MR) is 112 cm³/mol. The van der Waals surface area contributed by atoms with Crippen molar-refractivity contribution in [3.05, 3.63) is 54.6 Å². The Hall–Kier alpha value is -1.43. The van der Waals surface area contributed by atoms with Gasteiger partial charge in [0.05, 0.1) is 22.0 Å². The molecule has 0 fully saturated rings. The van der Waals surface area contributed by atoms with Crippen LogP contribution in [0.1, 0.15) is 43.2 Å². The maximum absolute atomic E-state index is 13.1. The van der Waals surface area contributed by atoms with Crippen LogP contribution in [0.5, 0.6) is 0 Å². The fourth-order valence-corrected chi connectivity index (χ4v) is 5.34. The van der Waals surface area contributed by atoms with E-state index in [2.05, 4.69) is 31.1 Å². The molecule has 0 saturated heterocycles. The largest absolute Gasteiger partial charge is 0.279 e. The Morgan fingerprint density at radius 1 is 1.26 bits per heavy atom. The van der Waals surface area contributed by atoms with Gasteiger partial charge in [-0.15, -0.1) is 16.4 Å². The maximum atomic E-state index is 13.1. The first-order chi connectivity index (χ1) is 12.7. The number of aromatic nitrogens is 3. The van der Waals surface area contributed by atoms with Crippen molar-refractivity contribution in [3.63, 3.8) is 0 Å². The second-order valence-electron chi connectivity index (χ2n) is 8.29. The van der Waals surface area contributed by atoms with Crippen molar-refractivity contribution in [1.82, 2.24) is 15.0 Å². The van der Waals surface area contributed by atoms with Crippen LogP contribution in [0, 0.1) is 11.3 Å². The van der Waals surface area contributed by atoms with Crippen molar-refractivity contribution < 1.29 is 0 Å². The van der Waals surface area contributed by atoms with Gasteiger partial charge < -0.3 is 0 Å². The smallest absolute Gasteiger partial charge is 0.267 e. The zero-order valence-corrected chi connectivity index (χ0v) is 17.9. The van der Waals surface area contributed by atoms with E-state index in [9.17, 15) is 4.79 Å². The van der Waals surface area contributed by atoms with Gasteiger partial charge in [-0.25, -0.2) is 4.68 Å². The van der Waals surface area contributed by atoms with Gasteiger partial charge in [0.2, 0.25) is 0 Å². The van der Waals surface area contributed by atoms with Crippen LogP contribution in [0.4, 0.5) is 0 Å². The van der Waals surface area contributed by atoms with E-state index in [1.165, 1.54) is 15.1 Å². The maximum Gasteiger partial charge on any atom is 0.279 e. The van der Waals surface area contributed by atoms with E-state index in [4.69, 9.17) is 23.2 Å². The van der Waals surface area contributed by atoms with Crippen molar-refractivity contribution in [3.8, 4) is 0 Å². The molecule has 0 aliphatic heterocycles. The van der Waals surface area contributed by atoms with Gasteiger partial charge in [-0.1, -0.05) is 55.3 Å². The van der Waals surface area contributed by atoms with E-state index in [-0.39, 0.29) is 11.0 Å². The Bertz CT molecular complexity index is 1080. The third-order valence-corrected chi connectivity index (χ3v) is 7.36. The average Bonchev–Trinajstić information content (AvgIpc) is 2.98. The summed E-state index contributed by atoms with van der Waals surface area (Å²) in [4.78, 5) is 15.2. The number of benzene rings is 1. The molecule has 2 heterocycles. The van der Waals surface area contributed by atoms with Crippen LogP contribution < -0.4 is 5.56 Å². The molecule has 0 saturated carbocycles. The number of nitrogens with zero attached hydrogens (tertiary/aromatic N) is 3. The van der Waals surface area contributed by atoms with Gasteiger partial charge in [-0.05, 0) is 53.9 Å². The van der Waals surface area contributed by atoms with Crippen LogP contribution in [0.15, 0.2) is 23.0 Å². The highest BCUT2D eigenvalue weighted by molar-refractivity contribution is 7.18. The minimum atomic E-state index is -0.0715. The summed E-state index contributed by atoms with van der Waals surface area (Å²) in [7, 11) is 0. The lowest BCUT2D eigenvalue weighted by Crippen LogP contribution is -2.28. The lowest BCUT2D eigenvalue weighted by molar-refractivity contribution is 0.218. The standard InChI is InChI=1S/C20H21Cl2N3OS/c1-20(2,3)12-5-6-13-16(9-12)27-18-17(13)19(26)25(24-23-18)10-11-4-7-14(21)15(22)8-11/h4,7-8,12H,5-6,9-10H2,1-3H3. The monoisotopic (exact) mass is 421 g/mol. The molecule has 2 aromatic heterocycles. The molecular formula is C20H21Cl2N3OS. The van der Waals surface area contributed by atoms with Crippen LogP contribution in [0.3, 0.4) is 0 Å². The van der Waals surface area contributed by atoms with Crippen molar-refractivity contribution in [2.45, 2.75) is 46.6 Å². The van der Waals surface area contributed by atoms with Gasteiger partial charge in [0.1, 0.15) is 0 Å². The molecule has 0 amide bonds. The SMILES string of the molecule is CC(C)(C)C1CCc2c(sc3nnn(Cc4ccc(Cl)c(Cl)c4)c(=O)c23)C1. The van der Waals surface area contributed by atoms with Crippen LogP contribution >= 0.6 is 34.5 Å². The Kier molecular flexibility index (Phi) is 4.81. The Morgan fingerprint density at radius 3 is 2.74 bits per heavy atom. The van der Waals surface area contributed by atoms with Crippen LogP contribution in [-0.4, -0.2) is 15.0 Å². The molecule has 1 unspecified atom stereocenters. The van der Waals surface area contributed by atoms with Crippen LogP contribution in [0.25, 0.3) is 10.2 Å². The summed E-state index contributed by atoms with van der Waals surface area (Å²) >= 11 is 13.7. The first kappa shape index (κ1) is 18.9. The number of hydrogen-bond acceptors (Lipinski definition) is 4. The van der Waals surface area contributed by atoms with Crippen molar-refractivity contribution in [2.75, 3.05) is 0 Å². The third-order valence-electron chi connectivity index (χ3n) is 5.48. The topological polar surface area (TPSA) is 47.8 Å². The van der Waals surface area contributed by atoms with Gasteiger partial charge in [-0.2, -0.15) is 0 Å². The van der Waals surface area contributed by atoms with E-state index in [0.717, 1.165) is 35.0 Å². The summed E-state index contributed by atoms with van der Waals surface area (Å²) in [6.45, 7) is 7.20. The highest BCUT2D eigenvalue weighted by Gasteiger charge is 2.31. The lowest BCUT2D eigenvalue weighted by Gasteiger charge is -2.33. The minimum Gasteiger partial charge on any atom is -0.267 e. The van der Waals surface area contributed by atoms with E-state index in [1.807, 2.05) is 6.07 Å². The molecule has 4 rings (SSSR count). The van der Waals surface area contributed by atoms with Crippen LogP contribution in [-0.2, 0) is 19.4 Å². The Labute approximate surface area is 172 Å². The zero-order valence-electron chi connectivity index (χ0n) is 15.6. The molecule has 1 aliphatic carbocycles. The van der Waals surface area contributed by atoms with E-state index in [1.54, 1.807) is 23.5 Å². The summed E-state index contributed by atoms with van der Waals surface area (Å²) in [5.74, 6) is 0.629. The molecule has 0 spiro atoms. The molecule has 1 atom stereocenters.